The third-order valence-corrected chi connectivity index (χ3v) is 5.22. The number of hydrogen-bond donors (Lipinski definition) is 1. The Balaban J connectivity index is 2.15. The predicted molar refractivity (Wildman–Crippen MR) is 77.2 cm³/mol. The van der Waals surface area contributed by atoms with Gasteiger partial charge in [-0.25, -0.2) is 0 Å². The van der Waals surface area contributed by atoms with Crippen LogP contribution in [-0.4, -0.2) is 34.6 Å². The van der Waals surface area contributed by atoms with E-state index in [-0.39, 0.29) is 12.0 Å². The normalized spacial score (nSPS) is 37.8. The molecule has 2 fully saturated rings. The van der Waals surface area contributed by atoms with Crippen molar-refractivity contribution in [2.24, 2.45) is 11.8 Å². The maximum Gasteiger partial charge on any atom is 0.308 e. The van der Waals surface area contributed by atoms with Gasteiger partial charge < -0.3 is 5.11 Å². The second-order valence-electron chi connectivity index (χ2n) is 6.58. The monoisotopic (exact) mass is 267 g/mol. The summed E-state index contributed by atoms with van der Waals surface area (Å²) in [4.78, 5) is 14.1. The van der Waals surface area contributed by atoms with Crippen LogP contribution in [0.1, 0.15) is 65.2 Å². The summed E-state index contributed by atoms with van der Waals surface area (Å²) in [6, 6.07) is 0.893. The number of hydrogen-bond acceptors (Lipinski definition) is 2. The molecule has 2 rings (SSSR count). The molecule has 110 valence electrons. The highest BCUT2D eigenvalue weighted by Gasteiger charge is 2.39. The zero-order valence-corrected chi connectivity index (χ0v) is 12.5. The van der Waals surface area contributed by atoms with E-state index in [4.69, 9.17) is 0 Å². The lowest BCUT2D eigenvalue weighted by Gasteiger charge is -2.43. The minimum absolute atomic E-state index is 0.136. The van der Waals surface area contributed by atoms with Gasteiger partial charge in [-0.3, -0.25) is 9.69 Å². The van der Waals surface area contributed by atoms with Crippen LogP contribution in [0, 0.1) is 11.8 Å². The van der Waals surface area contributed by atoms with Crippen LogP contribution in [0.15, 0.2) is 0 Å². The zero-order chi connectivity index (χ0) is 13.8. The summed E-state index contributed by atoms with van der Waals surface area (Å²) in [5.41, 5.74) is 0. The Bertz CT molecular complexity index is 305. The van der Waals surface area contributed by atoms with Crippen LogP contribution in [0.4, 0.5) is 0 Å². The Morgan fingerprint density at radius 1 is 1.21 bits per heavy atom. The molecule has 4 unspecified atom stereocenters. The van der Waals surface area contributed by atoms with Gasteiger partial charge in [-0.05, 0) is 51.0 Å². The lowest BCUT2D eigenvalue weighted by molar-refractivity contribution is -0.146. The number of carboxylic acid groups (broad SMARTS) is 1. The highest BCUT2D eigenvalue weighted by atomic mass is 16.4. The maximum atomic E-state index is 11.6. The first-order valence-electron chi connectivity index (χ1n) is 8.12. The summed E-state index contributed by atoms with van der Waals surface area (Å²) in [5, 5.41) is 9.53. The summed E-state index contributed by atoms with van der Waals surface area (Å²) in [6.45, 7) is 5.65. The van der Waals surface area contributed by atoms with Crippen molar-refractivity contribution in [3.8, 4) is 0 Å². The van der Waals surface area contributed by atoms with Gasteiger partial charge in [0.05, 0.1) is 5.92 Å². The number of likely N-dealkylation sites (tertiary alicyclic amines) is 1. The molecule has 0 amide bonds. The molecule has 1 N–H and O–H groups in total. The number of nitrogens with zero attached hydrogens (tertiary/aromatic N) is 1. The first-order valence-corrected chi connectivity index (χ1v) is 8.12. The van der Waals surface area contributed by atoms with Gasteiger partial charge >= 0.3 is 5.97 Å². The van der Waals surface area contributed by atoms with Gasteiger partial charge in [-0.1, -0.05) is 26.7 Å². The first kappa shape index (κ1) is 14.8. The van der Waals surface area contributed by atoms with E-state index in [1.807, 2.05) is 0 Å². The third kappa shape index (κ3) is 3.50. The van der Waals surface area contributed by atoms with E-state index in [1.54, 1.807) is 0 Å². The molecule has 4 atom stereocenters. The van der Waals surface area contributed by atoms with Crippen molar-refractivity contribution in [3.63, 3.8) is 0 Å². The van der Waals surface area contributed by atoms with Gasteiger partial charge in [0.25, 0.3) is 0 Å². The molecule has 3 heteroatoms. The van der Waals surface area contributed by atoms with E-state index in [1.165, 1.54) is 25.7 Å². The van der Waals surface area contributed by atoms with E-state index in [0.29, 0.717) is 12.0 Å². The molecule has 0 aromatic heterocycles. The Hall–Kier alpha value is -0.570. The molecule has 1 saturated heterocycles. The summed E-state index contributed by atoms with van der Waals surface area (Å²) in [7, 11) is 0. The fraction of sp³-hybridized carbons (Fsp3) is 0.938. The highest BCUT2D eigenvalue weighted by Crippen LogP contribution is 2.35. The van der Waals surface area contributed by atoms with Crippen LogP contribution in [0.5, 0.6) is 0 Å². The SMILES string of the molecule is CCC1CCCCCN1C1CC(C)CCC1C(=O)O. The first-order chi connectivity index (χ1) is 9.13. The minimum Gasteiger partial charge on any atom is -0.481 e. The topological polar surface area (TPSA) is 40.5 Å². The molecular weight excluding hydrogens is 238 g/mol. The predicted octanol–water partition coefficient (Wildman–Crippen LogP) is 3.53. The molecule has 0 aromatic carbocycles. The van der Waals surface area contributed by atoms with Crippen molar-refractivity contribution in [2.45, 2.75) is 77.3 Å². The van der Waals surface area contributed by atoms with E-state index in [9.17, 15) is 9.90 Å². The summed E-state index contributed by atoms with van der Waals surface area (Å²) in [6.07, 6.45) is 9.32. The van der Waals surface area contributed by atoms with Crippen molar-refractivity contribution in [3.05, 3.63) is 0 Å². The Labute approximate surface area is 117 Å². The molecule has 3 nitrogen and oxygen atoms in total. The molecule has 0 aromatic rings. The minimum atomic E-state index is -0.573. The van der Waals surface area contributed by atoms with E-state index in [2.05, 4.69) is 18.7 Å². The highest BCUT2D eigenvalue weighted by molar-refractivity contribution is 5.71. The van der Waals surface area contributed by atoms with Crippen LogP contribution < -0.4 is 0 Å². The molecule has 19 heavy (non-hydrogen) atoms. The number of carbonyl (C=O) groups is 1. The lowest BCUT2D eigenvalue weighted by Crippen LogP contribution is -2.51. The van der Waals surface area contributed by atoms with Gasteiger partial charge in [-0.2, -0.15) is 0 Å². The quantitative estimate of drug-likeness (QED) is 0.850. The molecule has 1 aliphatic heterocycles. The Morgan fingerprint density at radius 2 is 2.00 bits per heavy atom. The average Bonchev–Trinajstić information content (AvgIpc) is 2.63. The molecule has 0 spiro atoms. The maximum absolute atomic E-state index is 11.6. The standard InChI is InChI=1S/C16H29NO2/c1-3-13-7-5-4-6-10-17(13)15-11-12(2)8-9-14(15)16(18)19/h12-15H,3-11H2,1-2H3,(H,18,19). The largest absolute Gasteiger partial charge is 0.481 e. The van der Waals surface area contributed by atoms with Crippen LogP contribution in [0.2, 0.25) is 0 Å². The molecule has 0 bridgehead atoms. The van der Waals surface area contributed by atoms with Crippen LogP contribution >= 0.6 is 0 Å². The third-order valence-electron chi connectivity index (χ3n) is 5.22. The molecule has 1 aliphatic carbocycles. The molecule has 0 radical (unpaired) electrons. The fourth-order valence-corrected chi connectivity index (χ4v) is 4.08. The van der Waals surface area contributed by atoms with Gasteiger partial charge in [0, 0.05) is 12.1 Å². The number of carboxylic acids is 1. The zero-order valence-electron chi connectivity index (χ0n) is 12.5. The van der Waals surface area contributed by atoms with E-state index in [0.717, 1.165) is 32.2 Å². The number of rotatable bonds is 3. The van der Waals surface area contributed by atoms with Crippen molar-refractivity contribution in [1.29, 1.82) is 0 Å². The Kier molecular flexibility index (Phi) is 5.26. The van der Waals surface area contributed by atoms with Crippen LogP contribution in [-0.2, 0) is 4.79 Å². The smallest absolute Gasteiger partial charge is 0.308 e. The second-order valence-corrected chi connectivity index (χ2v) is 6.58. The average molecular weight is 267 g/mol. The lowest BCUT2D eigenvalue weighted by atomic mass is 9.77. The van der Waals surface area contributed by atoms with Crippen molar-refractivity contribution >= 4 is 5.97 Å². The van der Waals surface area contributed by atoms with Crippen LogP contribution in [0.3, 0.4) is 0 Å². The van der Waals surface area contributed by atoms with Crippen molar-refractivity contribution in [1.82, 2.24) is 4.90 Å². The van der Waals surface area contributed by atoms with Gasteiger partial charge in [0.1, 0.15) is 0 Å². The Morgan fingerprint density at radius 3 is 2.68 bits per heavy atom. The summed E-state index contributed by atoms with van der Waals surface area (Å²) >= 11 is 0. The van der Waals surface area contributed by atoms with Crippen LogP contribution in [0.25, 0.3) is 0 Å². The van der Waals surface area contributed by atoms with Gasteiger partial charge in [-0.15, -0.1) is 0 Å². The molecular formula is C16H29NO2. The van der Waals surface area contributed by atoms with Gasteiger partial charge in [0.2, 0.25) is 0 Å². The molecule has 2 aliphatic rings. The number of aliphatic carboxylic acids is 1. The molecule has 1 heterocycles. The van der Waals surface area contributed by atoms with Gasteiger partial charge in [0.15, 0.2) is 0 Å². The fourth-order valence-electron chi connectivity index (χ4n) is 4.08. The summed E-state index contributed by atoms with van der Waals surface area (Å²) < 4.78 is 0. The summed E-state index contributed by atoms with van der Waals surface area (Å²) in [5.74, 6) is -0.0271. The molecule has 1 saturated carbocycles. The second kappa shape index (κ2) is 6.74. The van der Waals surface area contributed by atoms with E-state index >= 15 is 0 Å². The van der Waals surface area contributed by atoms with Crippen molar-refractivity contribution in [2.75, 3.05) is 6.54 Å². The van der Waals surface area contributed by atoms with E-state index < -0.39 is 5.97 Å². The van der Waals surface area contributed by atoms with Crippen molar-refractivity contribution < 1.29 is 9.90 Å².